The molecule has 0 saturated carbocycles. The zero-order valence-corrected chi connectivity index (χ0v) is 14.6. The molecular formula is C15H31N3O3. The second-order valence-corrected chi connectivity index (χ2v) is 7.69. The topological polar surface area (TPSA) is 79.5 Å². The summed E-state index contributed by atoms with van der Waals surface area (Å²) in [5, 5.41) is 2.90. The van der Waals surface area contributed by atoms with Crippen molar-refractivity contribution in [3.05, 3.63) is 0 Å². The second-order valence-electron chi connectivity index (χ2n) is 7.69. The standard InChI is InChI=1S/C15H31N3O3/c1-10(2)9-11(12(19)16-14(3,4)5)17-18-13(20)21-15(6,7)8/h10-11,17H,9H2,1-8H3,(H,16,19)(H,18,20). The van der Waals surface area contributed by atoms with Gasteiger partial charge in [0.1, 0.15) is 11.6 Å². The van der Waals surface area contributed by atoms with Crippen LogP contribution in [-0.4, -0.2) is 29.2 Å². The first-order valence-corrected chi connectivity index (χ1v) is 7.37. The molecule has 1 atom stereocenters. The van der Waals surface area contributed by atoms with Gasteiger partial charge in [-0.3, -0.25) is 10.2 Å². The molecule has 0 aromatic heterocycles. The zero-order valence-electron chi connectivity index (χ0n) is 14.6. The first-order valence-electron chi connectivity index (χ1n) is 7.37. The summed E-state index contributed by atoms with van der Waals surface area (Å²) in [6.07, 6.45) is 0.0114. The van der Waals surface area contributed by atoms with Crippen LogP contribution in [0.5, 0.6) is 0 Å². The number of carbonyl (C=O) groups is 2. The number of ether oxygens (including phenoxy) is 1. The Bertz CT molecular complexity index is 354. The Balaban J connectivity index is 4.57. The van der Waals surface area contributed by atoms with Gasteiger partial charge in [-0.15, -0.1) is 0 Å². The molecule has 1 unspecified atom stereocenters. The summed E-state index contributed by atoms with van der Waals surface area (Å²) in [6.45, 7) is 15.1. The van der Waals surface area contributed by atoms with Gasteiger partial charge in [-0.1, -0.05) is 13.8 Å². The summed E-state index contributed by atoms with van der Waals surface area (Å²) < 4.78 is 5.13. The van der Waals surface area contributed by atoms with Gasteiger partial charge in [0.2, 0.25) is 5.91 Å². The molecule has 21 heavy (non-hydrogen) atoms. The molecule has 0 spiro atoms. The van der Waals surface area contributed by atoms with Gasteiger partial charge in [-0.2, -0.15) is 0 Å². The molecule has 0 aliphatic heterocycles. The van der Waals surface area contributed by atoms with Gasteiger partial charge < -0.3 is 10.1 Å². The fraction of sp³-hybridized carbons (Fsp3) is 0.867. The molecule has 6 heteroatoms. The molecule has 0 heterocycles. The molecule has 0 saturated heterocycles. The average molecular weight is 301 g/mol. The van der Waals surface area contributed by atoms with E-state index >= 15 is 0 Å². The first kappa shape index (κ1) is 19.7. The monoisotopic (exact) mass is 301 g/mol. The van der Waals surface area contributed by atoms with Crippen molar-refractivity contribution in [1.29, 1.82) is 0 Å². The van der Waals surface area contributed by atoms with Crippen LogP contribution in [0.2, 0.25) is 0 Å². The molecule has 0 aliphatic carbocycles. The minimum absolute atomic E-state index is 0.146. The quantitative estimate of drug-likeness (QED) is 0.681. The normalized spacial score (nSPS) is 13.8. The molecule has 6 nitrogen and oxygen atoms in total. The van der Waals surface area contributed by atoms with Crippen molar-refractivity contribution >= 4 is 12.0 Å². The Hall–Kier alpha value is -1.30. The van der Waals surface area contributed by atoms with Crippen LogP contribution in [0.1, 0.15) is 61.8 Å². The van der Waals surface area contributed by atoms with Crippen molar-refractivity contribution in [2.45, 2.75) is 79.0 Å². The summed E-state index contributed by atoms with van der Waals surface area (Å²) in [6, 6.07) is -0.503. The zero-order chi connectivity index (χ0) is 16.8. The van der Waals surface area contributed by atoms with Gasteiger partial charge in [0.25, 0.3) is 0 Å². The Morgan fingerprint density at radius 1 is 1.05 bits per heavy atom. The van der Waals surface area contributed by atoms with Gasteiger partial charge in [-0.05, 0) is 53.9 Å². The highest BCUT2D eigenvalue weighted by Gasteiger charge is 2.25. The predicted molar refractivity (Wildman–Crippen MR) is 83.6 cm³/mol. The maximum Gasteiger partial charge on any atom is 0.422 e. The van der Waals surface area contributed by atoms with Crippen molar-refractivity contribution in [2.75, 3.05) is 0 Å². The van der Waals surface area contributed by atoms with Crippen molar-refractivity contribution in [3.8, 4) is 0 Å². The molecular weight excluding hydrogens is 270 g/mol. The number of hydrazine groups is 1. The van der Waals surface area contributed by atoms with Gasteiger partial charge in [0.15, 0.2) is 0 Å². The van der Waals surface area contributed by atoms with Crippen LogP contribution >= 0.6 is 0 Å². The summed E-state index contributed by atoms with van der Waals surface area (Å²) in [7, 11) is 0. The summed E-state index contributed by atoms with van der Waals surface area (Å²) in [5.41, 5.74) is 4.30. The van der Waals surface area contributed by atoms with Crippen molar-refractivity contribution in [1.82, 2.24) is 16.2 Å². The smallest absolute Gasteiger partial charge is 0.422 e. The predicted octanol–water partition coefficient (Wildman–Crippen LogP) is 2.35. The highest BCUT2D eigenvalue weighted by Crippen LogP contribution is 2.08. The van der Waals surface area contributed by atoms with Crippen LogP contribution in [0, 0.1) is 5.92 Å². The van der Waals surface area contributed by atoms with Crippen LogP contribution in [0.15, 0.2) is 0 Å². The highest BCUT2D eigenvalue weighted by atomic mass is 16.6. The molecule has 0 aromatic rings. The van der Waals surface area contributed by atoms with Gasteiger partial charge in [0.05, 0.1) is 0 Å². The van der Waals surface area contributed by atoms with Crippen LogP contribution in [0.3, 0.4) is 0 Å². The number of amides is 2. The number of nitrogens with one attached hydrogen (secondary N) is 3. The molecule has 0 rings (SSSR count). The summed E-state index contributed by atoms with van der Waals surface area (Å²) in [5.74, 6) is 0.168. The largest absolute Gasteiger partial charge is 0.443 e. The Morgan fingerprint density at radius 2 is 1.57 bits per heavy atom. The average Bonchev–Trinajstić information content (AvgIpc) is 2.18. The van der Waals surface area contributed by atoms with Gasteiger partial charge >= 0.3 is 6.09 Å². The van der Waals surface area contributed by atoms with E-state index in [4.69, 9.17) is 4.74 Å². The van der Waals surface area contributed by atoms with Crippen molar-refractivity contribution in [3.63, 3.8) is 0 Å². The van der Waals surface area contributed by atoms with E-state index in [1.807, 2.05) is 34.6 Å². The van der Waals surface area contributed by atoms with E-state index in [-0.39, 0.29) is 11.4 Å². The molecule has 0 aromatic carbocycles. The van der Waals surface area contributed by atoms with Crippen LogP contribution in [0.25, 0.3) is 0 Å². The molecule has 0 radical (unpaired) electrons. The van der Waals surface area contributed by atoms with E-state index in [0.29, 0.717) is 12.3 Å². The van der Waals surface area contributed by atoms with Crippen molar-refractivity contribution < 1.29 is 14.3 Å². The lowest BCUT2D eigenvalue weighted by Crippen LogP contribution is -2.56. The Kier molecular flexibility index (Phi) is 7.16. The third kappa shape index (κ3) is 11.1. The molecule has 2 amide bonds. The fourth-order valence-corrected chi connectivity index (χ4v) is 1.61. The minimum Gasteiger partial charge on any atom is -0.443 e. The van der Waals surface area contributed by atoms with Crippen LogP contribution in [0.4, 0.5) is 4.79 Å². The summed E-state index contributed by atoms with van der Waals surface area (Å²) >= 11 is 0. The third-order valence-electron chi connectivity index (χ3n) is 2.27. The van der Waals surface area contributed by atoms with E-state index in [0.717, 1.165) is 0 Å². The second kappa shape index (κ2) is 7.64. The van der Waals surface area contributed by atoms with Crippen LogP contribution in [-0.2, 0) is 9.53 Å². The first-order chi connectivity index (χ1) is 9.30. The van der Waals surface area contributed by atoms with E-state index in [9.17, 15) is 9.59 Å². The maximum atomic E-state index is 12.2. The number of rotatable bonds is 5. The molecule has 0 bridgehead atoms. The minimum atomic E-state index is -0.597. The van der Waals surface area contributed by atoms with Gasteiger partial charge in [-0.25, -0.2) is 10.2 Å². The number of hydrogen-bond donors (Lipinski definition) is 3. The fourth-order valence-electron chi connectivity index (χ4n) is 1.61. The highest BCUT2D eigenvalue weighted by molar-refractivity contribution is 5.82. The molecule has 124 valence electrons. The lowest BCUT2D eigenvalue weighted by molar-refractivity contribution is -0.125. The molecule has 0 aliphatic rings. The van der Waals surface area contributed by atoms with E-state index in [2.05, 4.69) is 16.2 Å². The lowest BCUT2D eigenvalue weighted by atomic mass is 10.0. The Morgan fingerprint density at radius 3 is 1.95 bits per heavy atom. The lowest BCUT2D eigenvalue weighted by Gasteiger charge is -2.27. The number of carbonyl (C=O) groups excluding carboxylic acids is 2. The van der Waals surface area contributed by atoms with Crippen LogP contribution < -0.4 is 16.2 Å². The third-order valence-corrected chi connectivity index (χ3v) is 2.27. The van der Waals surface area contributed by atoms with Gasteiger partial charge in [0, 0.05) is 5.54 Å². The van der Waals surface area contributed by atoms with E-state index in [1.165, 1.54) is 0 Å². The molecule has 0 fully saturated rings. The summed E-state index contributed by atoms with van der Waals surface area (Å²) in [4.78, 5) is 23.9. The van der Waals surface area contributed by atoms with E-state index < -0.39 is 17.7 Å². The van der Waals surface area contributed by atoms with E-state index in [1.54, 1.807) is 20.8 Å². The maximum absolute atomic E-state index is 12.2. The Labute approximate surface area is 128 Å². The molecule has 3 N–H and O–H groups in total. The van der Waals surface area contributed by atoms with Crippen molar-refractivity contribution in [2.24, 2.45) is 5.92 Å². The number of hydrogen-bond acceptors (Lipinski definition) is 4. The SMILES string of the molecule is CC(C)CC(NNC(=O)OC(C)(C)C)C(=O)NC(C)(C)C.